The quantitative estimate of drug-likeness (QED) is 0.691. The molecule has 16 heavy (non-hydrogen) atoms. The van der Waals surface area contributed by atoms with Crippen molar-refractivity contribution >= 4 is 0 Å². The van der Waals surface area contributed by atoms with Gasteiger partial charge in [0.15, 0.2) is 0 Å². The van der Waals surface area contributed by atoms with Crippen molar-refractivity contribution in [3.8, 4) is 0 Å². The molecular weight excluding hydrogens is 204 g/mol. The average Bonchev–Trinajstić information content (AvgIpc) is 2.30. The molecule has 1 aliphatic heterocycles. The van der Waals surface area contributed by atoms with Crippen LogP contribution >= 0.6 is 0 Å². The second-order valence-electron chi connectivity index (χ2n) is 4.24. The second-order valence-corrected chi connectivity index (χ2v) is 4.24. The molecule has 1 fully saturated rings. The molecule has 0 aliphatic carbocycles. The van der Waals surface area contributed by atoms with E-state index in [1.54, 1.807) is 16.8 Å². The maximum Gasteiger partial charge on any atom is 0.347 e. The molecule has 0 spiro atoms. The van der Waals surface area contributed by atoms with Crippen LogP contribution in [-0.2, 0) is 6.54 Å². The maximum absolute atomic E-state index is 11.4. The summed E-state index contributed by atoms with van der Waals surface area (Å²) in [7, 11) is 2.14. The molecule has 0 radical (unpaired) electrons. The Labute approximate surface area is 95.3 Å². The monoisotopic (exact) mass is 222 g/mol. The van der Waals surface area contributed by atoms with Gasteiger partial charge in [-0.3, -0.25) is 9.47 Å². The van der Waals surface area contributed by atoms with Crippen molar-refractivity contribution in [2.75, 3.05) is 39.8 Å². The summed E-state index contributed by atoms with van der Waals surface area (Å²) >= 11 is 0. The summed E-state index contributed by atoms with van der Waals surface area (Å²) in [5.74, 6) is 0. The van der Waals surface area contributed by atoms with E-state index in [4.69, 9.17) is 0 Å². The van der Waals surface area contributed by atoms with Crippen LogP contribution in [0.4, 0.5) is 0 Å². The van der Waals surface area contributed by atoms with Gasteiger partial charge in [-0.2, -0.15) is 0 Å². The van der Waals surface area contributed by atoms with E-state index in [-0.39, 0.29) is 5.69 Å². The summed E-state index contributed by atoms with van der Waals surface area (Å²) in [4.78, 5) is 19.8. The van der Waals surface area contributed by atoms with Gasteiger partial charge < -0.3 is 4.90 Å². The van der Waals surface area contributed by atoms with E-state index < -0.39 is 0 Å². The number of hydrogen-bond donors (Lipinski definition) is 0. The summed E-state index contributed by atoms with van der Waals surface area (Å²) in [5.41, 5.74) is -0.156. The molecule has 0 N–H and O–H groups in total. The minimum atomic E-state index is -0.156. The van der Waals surface area contributed by atoms with Crippen LogP contribution in [0.1, 0.15) is 0 Å². The first kappa shape index (κ1) is 11.3. The molecule has 1 aliphatic rings. The Hall–Kier alpha value is -1.20. The molecule has 0 atom stereocenters. The highest BCUT2D eigenvalue weighted by molar-refractivity contribution is 4.81. The first-order valence-corrected chi connectivity index (χ1v) is 5.68. The van der Waals surface area contributed by atoms with Gasteiger partial charge >= 0.3 is 5.69 Å². The number of piperazine rings is 1. The molecule has 0 aromatic carbocycles. The van der Waals surface area contributed by atoms with Crippen molar-refractivity contribution in [1.82, 2.24) is 19.4 Å². The smallest absolute Gasteiger partial charge is 0.304 e. The van der Waals surface area contributed by atoms with E-state index in [0.29, 0.717) is 0 Å². The summed E-state index contributed by atoms with van der Waals surface area (Å²) in [6.07, 6.45) is 3.33. The van der Waals surface area contributed by atoms with Crippen LogP contribution in [0.25, 0.3) is 0 Å². The van der Waals surface area contributed by atoms with Crippen LogP contribution in [0.5, 0.6) is 0 Å². The highest BCUT2D eigenvalue weighted by Crippen LogP contribution is 1.98. The molecule has 0 unspecified atom stereocenters. The van der Waals surface area contributed by atoms with Crippen molar-refractivity contribution < 1.29 is 0 Å². The van der Waals surface area contributed by atoms with Gasteiger partial charge in [-0.1, -0.05) is 0 Å². The summed E-state index contributed by atoms with van der Waals surface area (Å²) in [5, 5.41) is 0. The molecule has 5 nitrogen and oxygen atoms in total. The lowest BCUT2D eigenvalue weighted by Crippen LogP contribution is -2.45. The third-order valence-corrected chi connectivity index (χ3v) is 3.04. The Morgan fingerprint density at radius 1 is 1.25 bits per heavy atom. The van der Waals surface area contributed by atoms with E-state index in [1.165, 1.54) is 6.20 Å². The normalized spacial score (nSPS) is 18.8. The minimum absolute atomic E-state index is 0.156. The van der Waals surface area contributed by atoms with Gasteiger partial charge in [0.25, 0.3) is 0 Å². The third kappa shape index (κ3) is 2.90. The maximum atomic E-state index is 11.4. The topological polar surface area (TPSA) is 41.4 Å². The lowest BCUT2D eigenvalue weighted by molar-refractivity contribution is 0.149. The molecule has 0 saturated carbocycles. The fraction of sp³-hybridized carbons (Fsp3) is 0.636. The first-order valence-electron chi connectivity index (χ1n) is 5.68. The van der Waals surface area contributed by atoms with Crippen LogP contribution in [0.3, 0.4) is 0 Å². The number of likely N-dealkylation sites (N-methyl/N-ethyl adjacent to an activating group) is 1. The molecule has 2 rings (SSSR count). The number of hydrogen-bond acceptors (Lipinski definition) is 4. The van der Waals surface area contributed by atoms with Crippen LogP contribution in [0.2, 0.25) is 0 Å². The summed E-state index contributed by atoms with van der Waals surface area (Å²) in [6, 6.07) is 1.80. The highest BCUT2D eigenvalue weighted by atomic mass is 16.1. The van der Waals surface area contributed by atoms with E-state index in [9.17, 15) is 4.79 Å². The van der Waals surface area contributed by atoms with Gasteiger partial charge in [0.1, 0.15) is 0 Å². The molecule has 1 aromatic heterocycles. The lowest BCUT2D eigenvalue weighted by atomic mass is 10.3. The summed E-state index contributed by atoms with van der Waals surface area (Å²) < 4.78 is 1.66. The number of nitrogens with zero attached hydrogens (tertiary/aromatic N) is 4. The Kier molecular flexibility index (Phi) is 3.69. The predicted molar refractivity (Wildman–Crippen MR) is 62.4 cm³/mol. The first-order chi connectivity index (χ1) is 7.75. The molecule has 0 bridgehead atoms. The van der Waals surface area contributed by atoms with Crippen LogP contribution < -0.4 is 5.69 Å². The highest BCUT2D eigenvalue weighted by Gasteiger charge is 2.13. The molecule has 2 heterocycles. The van der Waals surface area contributed by atoms with Crippen LogP contribution in [0, 0.1) is 0 Å². The van der Waals surface area contributed by atoms with Crippen LogP contribution in [0.15, 0.2) is 23.3 Å². The van der Waals surface area contributed by atoms with Gasteiger partial charge in [-0.15, -0.1) is 0 Å². The van der Waals surface area contributed by atoms with E-state index in [1.807, 2.05) is 0 Å². The molecule has 88 valence electrons. The molecular formula is C11H18N4O. The van der Waals surface area contributed by atoms with Gasteiger partial charge in [0.2, 0.25) is 0 Å². The zero-order chi connectivity index (χ0) is 11.4. The van der Waals surface area contributed by atoms with Gasteiger partial charge in [0, 0.05) is 51.7 Å². The zero-order valence-electron chi connectivity index (χ0n) is 9.67. The SMILES string of the molecule is CN1CCN(CCn2cccnc2=O)CC1. The van der Waals surface area contributed by atoms with Crippen molar-refractivity contribution in [2.45, 2.75) is 6.54 Å². The second kappa shape index (κ2) is 5.23. The Morgan fingerprint density at radius 2 is 2.00 bits per heavy atom. The van der Waals surface area contributed by atoms with Gasteiger partial charge in [-0.05, 0) is 13.1 Å². The zero-order valence-corrected chi connectivity index (χ0v) is 9.67. The van der Waals surface area contributed by atoms with E-state index in [2.05, 4.69) is 21.8 Å². The summed E-state index contributed by atoms with van der Waals surface area (Å²) in [6.45, 7) is 6.07. The number of aromatic nitrogens is 2. The van der Waals surface area contributed by atoms with Crippen molar-refractivity contribution in [3.05, 3.63) is 28.9 Å². The molecule has 1 aromatic rings. The minimum Gasteiger partial charge on any atom is -0.304 e. The predicted octanol–water partition coefficient (Wildman–Crippen LogP) is -0.509. The van der Waals surface area contributed by atoms with Gasteiger partial charge in [-0.25, -0.2) is 9.78 Å². The van der Waals surface area contributed by atoms with Crippen molar-refractivity contribution in [3.63, 3.8) is 0 Å². The van der Waals surface area contributed by atoms with E-state index in [0.717, 1.165) is 39.3 Å². The van der Waals surface area contributed by atoms with Crippen molar-refractivity contribution in [1.29, 1.82) is 0 Å². The van der Waals surface area contributed by atoms with Crippen LogP contribution in [-0.4, -0.2) is 59.1 Å². The Balaban J connectivity index is 1.84. The molecule has 1 saturated heterocycles. The molecule has 5 heteroatoms. The third-order valence-electron chi connectivity index (χ3n) is 3.04. The number of rotatable bonds is 3. The largest absolute Gasteiger partial charge is 0.347 e. The fourth-order valence-electron chi connectivity index (χ4n) is 1.88. The standard InChI is InChI=1S/C11H18N4O/c1-13-5-7-14(8-6-13)9-10-15-4-2-3-12-11(15)16/h2-4H,5-10H2,1H3. The lowest BCUT2D eigenvalue weighted by Gasteiger charge is -2.32. The van der Waals surface area contributed by atoms with Gasteiger partial charge in [0.05, 0.1) is 0 Å². The fourth-order valence-corrected chi connectivity index (χ4v) is 1.88. The molecule has 0 amide bonds. The van der Waals surface area contributed by atoms with E-state index >= 15 is 0 Å². The average molecular weight is 222 g/mol. The Morgan fingerprint density at radius 3 is 2.69 bits per heavy atom. The van der Waals surface area contributed by atoms with Crippen molar-refractivity contribution in [2.24, 2.45) is 0 Å². The Bertz CT molecular complexity index is 382.